The number of likely N-dealkylation sites (tertiary alicyclic amines) is 1. The number of rotatable bonds is 5. The minimum atomic E-state index is 0. The maximum atomic E-state index is 5.58. The number of methoxy groups -OCH3 is 3. The van der Waals surface area contributed by atoms with Gasteiger partial charge in [0.1, 0.15) is 17.2 Å². The van der Waals surface area contributed by atoms with Crippen LogP contribution >= 0.6 is 12.4 Å². The van der Waals surface area contributed by atoms with Gasteiger partial charge in [-0.3, -0.25) is 4.90 Å². The van der Waals surface area contributed by atoms with Gasteiger partial charge in [0.2, 0.25) is 0 Å². The molecule has 1 aromatic rings. The molecule has 1 spiro atoms. The lowest BCUT2D eigenvalue weighted by atomic mass is 9.78. The third-order valence-corrected chi connectivity index (χ3v) is 5.38. The zero-order valence-electron chi connectivity index (χ0n) is 14.9. The highest BCUT2D eigenvalue weighted by molar-refractivity contribution is 5.85. The predicted octanol–water partition coefficient (Wildman–Crippen LogP) is 2.71. The molecule has 0 saturated carbocycles. The Kier molecular flexibility index (Phi) is 6.61. The van der Waals surface area contributed by atoms with E-state index in [9.17, 15) is 0 Å². The molecule has 2 fully saturated rings. The molecule has 3 rings (SSSR count). The van der Waals surface area contributed by atoms with Gasteiger partial charge in [-0.05, 0) is 44.3 Å². The van der Waals surface area contributed by atoms with E-state index in [1.54, 1.807) is 21.3 Å². The summed E-state index contributed by atoms with van der Waals surface area (Å²) in [5.74, 6) is 2.44. The van der Waals surface area contributed by atoms with E-state index in [2.05, 4.69) is 10.2 Å². The quantitative estimate of drug-likeness (QED) is 0.878. The molecule has 6 heteroatoms. The van der Waals surface area contributed by atoms with E-state index in [4.69, 9.17) is 14.2 Å². The van der Waals surface area contributed by atoms with Gasteiger partial charge in [-0.15, -0.1) is 12.4 Å². The SMILES string of the molecule is COc1cc(OC)c(CN2CCC3(CCNCC3)C2)c(OC)c1.Cl. The minimum Gasteiger partial charge on any atom is -0.496 e. The zero-order chi connectivity index (χ0) is 16.3. The van der Waals surface area contributed by atoms with Gasteiger partial charge in [-0.25, -0.2) is 0 Å². The van der Waals surface area contributed by atoms with Crippen molar-refractivity contribution < 1.29 is 14.2 Å². The summed E-state index contributed by atoms with van der Waals surface area (Å²) in [6.45, 7) is 5.50. The van der Waals surface area contributed by atoms with Crippen molar-refractivity contribution in [1.29, 1.82) is 0 Å². The summed E-state index contributed by atoms with van der Waals surface area (Å²) in [6.07, 6.45) is 3.89. The van der Waals surface area contributed by atoms with Crippen LogP contribution in [-0.2, 0) is 6.54 Å². The van der Waals surface area contributed by atoms with Crippen LogP contribution in [0.5, 0.6) is 17.2 Å². The molecule has 1 aromatic carbocycles. The molecular formula is C18H29ClN2O3. The summed E-state index contributed by atoms with van der Waals surface area (Å²) in [4.78, 5) is 2.54. The number of hydrogen-bond acceptors (Lipinski definition) is 5. The van der Waals surface area contributed by atoms with Crippen molar-refractivity contribution in [3.8, 4) is 17.2 Å². The Labute approximate surface area is 151 Å². The van der Waals surface area contributed by atoms with E-state index in [0.717, 1.165) is 49.0 Å². The molecule has 0 amide bonds. The fraction of sp³-hybridized carbons (Fsp3) is 0.667. The van der Waals surface area contributed by atoms with Crippen LogP contribution in [-0.4, -0.2) is 52.4 Å². The molecule has 0 atom stereocenters. The molecular weight excluding hydrogens is 328 g/mol. The fourth-order valence-electron chi connectivity index (χ4n) is 3.99. The Morgan fingerprint density at radius 2 is 1.62 bits per heavy atom. The third-order valence-electron chi connectivity index (χ3n) is 5.38. The number of halogens is 1. The van der Waals surface area contributed by atoms with Crippen molar-refractivity contribution in [2.45, 2.75) is 25.8 Å². The van der Waals surface area contributed by atoms with Gasteiger partial charge in [0, 0.05) is 25.2 Å². The van der Waals surface area contributed by atoms with Crippen molar-refractivity contribution in [2.75, 3.05) is 47.5 Å². The predicted molar refractivity (Wildman–Crippen MR) is 97.8 cm³/mol. The Hall–Kier alpha value is -1.17. The topological polar surface area (TPSA) is 43.0 Å². The van der Waals surface area contributed by atoms with E-state index >= 15 is 0 Å². The summed E-state index contributed by atoms with van der Waals surface area (Å²) in [7, 11) is 5.07. The molecule has 0 unspecified atom stereocenters. The van der Waals surface area contributed by atoms with E-state index < -0.39 is 0 Å². The van der Waals surface area contributed by atoms with Crippen LogP contribution < -0.4 is 19.5 Å². The molecule has 0 aromatic heterocycles. The van der Waals surface area contributed by atoms with Crippen LogP contribution in [0.25, 0.3) is 0 Å². The van der Waals surface area contributed by atoms with Gasteiger partial charge >= 0.3 is 0 Å². The molecule has 2 saturated heterocycles. The van der Waals surface area contributed by atoms with Crippen LogP contribution in [0, 0.1) is 5.41 Å². The number of hydrogen-bond donors (Lipinski definition) is 1. The number of ether oxygens (including phenoxy) is 3. The smallest absolute Gasteiger partial charge is 0.130 e. The van der Waals surface area contributed by atoms with Gasteiger partial charge in [0.05, 0.1) is 26.9 Å². The Balaban J connectivity index is 0.00000208. The first-order valence-corrected chi connectivity index (χ1v) is 8.42. The summed E-state index contributed by atoms with van der Waals surface area (Å²) in [5, 5.41) is 3.48. The van der Waals surface area contributed by atoms with E-state index in [-0.39, 0.29) is 12.4 Å². The lowest BCUT2D eigenvalue weighted by molar-refractivity contribution is 0.192. The summed E-state index contributed by atoms with van der Waals surface area (Å²) >= 11 is 0. The van der Waals surface area contributed by atoms with Gasteiger partial charge in [-0.1, -0.05) is 0 Å². The van der Waals surface area contributed by atoms with Crippen molar-refractivity contribution in [1.82, 2.24) is 10.2 Å². The fourth-order valence-corrected chi connectivity index (χ4v) is 3.99. The molecule has 2 aliphatic heterocycles. The molecule has 1 N–H and O–H groups in total. The lowest BCUT2D eigenvalue weighted by Gasteiger charge is -2.34. The first-order valence-electron chi connectivity index (χ1n) is 8.42. The first kappa shape index (κ1) is 19.2. The monoisotopic (exact) mass is 356 g/mol. The van der Waals surface area contributed by atoms with Crippen molar-refractivity contribution in [3.63, 3.8) is 0 Å². The number of benzene rings is 1. The summed E-state index contributed by atoms with van der Waals surface area (Å²) < 4.78 is 16.5. The van der Waals surface area contributed by atoms with Crippen molar-refractivity contribution in [2.24, 2.45) is 5.41 Å². The Morgan fingerprint density at radius 1 is 1.00 bits per heavy atom. The maximum absolute atomic E-state index is 5.58. The molecule has 0 aliphatic carbocycles. The molecule has 0 radical (unpaired) electrons. The summed E-state index contributed by atoms with van der Waals surface area (Å²) in [6, 6.07) is 3.88. The van der Waals surface area contributed by atoms with E-state index in [1.807, 2.05) is 12.1 Å². The molecule has 2 aliphatic rings. The number of nitrogens with one attached hydrogen (secondary N) is 1. The minimum absolute atomic E-state index is 0. The highest BCUT2D eigenvalue weighted by atomic mass is 35.5. The molecule has 0 bridgehead atoms. The maximum Gasteiger partial charge on any atom is 0.130 e. The van der Waals surface area contributed by atoms with E-state index in [0.29, 0.717) is 5.41 Å². The second-order valence-corrected chi connectivity index (χ2v) is 6.72. The lowest BCUT2D eigenvalue weighted by Crippen LogP contribution is -2.38. The zero-order valence-corrected chi connectivity index (χ0v) is 15.7. The third kappa shape index (κ3) is 3.90. The first-order chi connectivity index (χ1) is 11.2. The second kappa shape index (κ2) is 8.28. The second-order valence-electron chi connectivity index (χ2n) is 6.72. The van der Waals surface area contributed by atoms with Crippen LogP contribution in [0.1, 0.15) is 24.8 Å². The van der Waals surface area contributed by atoms with Gasteiger partial charge in [0.15, 0.2) is 0 Å². The average molecular weight is 357 g/mol. The Morgan fingerprint density at radius 3 is 2.17 bits per heavy atom. The highest BCUT2D eigenvalue weighted by Gasteiger charge is 2.39. The normalized spacial score (nSPS) is 19.8. The van der Waals surface area contributed by atoms with E-state index in [1.165, 1.54) is 25.8 Å². The molecule has 136 valence electrons. The molecule has 5 nitrogen and oxygen atoms in total. The van der Waals surface area contributed by atoms with Crippen LogP contribution in [0.2, 0.25) is 0 Å². The Bertz CT molecular complexity index is 522. The number of piperidine rings is 1. The summed E-state index contributed by atoms with van der Waals surface area (Å²) in [5.41, 5.74) is 1.62. The largest absolute Gasteiger partial charge is 0.496 e. The van der Waals surface area contributed by atoms with Crippen molar-refractivity contribution in [3.05, 3.63) is 17.7 Å². The van der Waals surface area contributed by atoms with Crippen LogP contribution in [0.15, 0.2) is 12.1 Å². The van der Waals surface area contributed by atoms with Gasteiger partial charge < -0.3 is 19.5 Å². The highest BCUT2D eigenvalue weighted by Crippen LogP contribution is 2.41. The van der Waals surface area contributed by atoms with Crippen molar-refractivity contribution >= 4 is 12.4 Å². The molecule has 24 heavy (non-hydrogen) atoms. The van der Waals surface area contributed by atoms with Gasteiger partial charge in [0.25, 0.3) is 0 Å². The van der Waals surface area contributed by atoms with Crippen LogP contribution in [0.4, 0.5) is 0 Å². The number of nitrogens with zero attached hydrogens (tertiary/aromatic N) is 1. The standard InChI is InChI=1S/C18H28N2O3.ClH/c1-21-14-10-16(22-2)15(17(11-14)23-3)12-20-9-6-18(13-20)4-7-19-8-5-18;/h10-11,19H,4-9,12-13H2,1-3H3;1H. The average Bonchev–Trinajstić information content (AvgIpc) is 2.97. The van der Waals surface area contributed by atoms with Crippen LogP contribution in [0.3, 0.4) is 0 Å². The molecule has 2 heterocycles. The van der Waals surface area contributed by atoms with Gasteiger partial charge in [-0.2, -0.15) is 0 Å².